The molecule has 1 N–H and O–H groups in total. The fourth-order valence-corrected chi connectivity index (χ4v) is 4.30. The number of rotatable bonds is 4. The van der Waals surface area contributed by atoms with Gasteiger partial charge >= 0.3 is 0 Å². The van der Waals surface area contributed by atoms with Crippen molar-refractivity contribution in [3.05, 3.63) is 12.4 Å². The summed E-state index contributed by atoms with van der Waals surface area (Å²) in [6.45, 7) is 1.80. The third-order valence-corrected chi connectivity index (χ3v) is 5.52. The Morgan fingerprint density at radius 3 is 2.81 bits per heavy atom. The molecule has 0 radical (unpaired) electrons. The van der Waals surface area contributed by atoms with Crippen LogP contribution in [0.2, 0.25) is 0 Å². The van der Waals surface area contributed by atoms with Crippen molar-refractivity contribution in [1.82, 2.24) is 14.7 Å². The Kier molecular flexibility index (Phi) is 3.63. The number of piperidine rings is 1. The van der Waals surface area contributed by atoms with Gasteiger partial charge in [-0.05, 0) is 45.6 Å². The number of ether oxygens (including phenoxy) is 1. The van der Waals surface area contributed by atoms with E-state index in [-0.39, 0.29) is 0 Å². The molecule has 0 spiro atoms. The maximum Gasteiger partial charge on any atom is 0.0771 e. The van der Waals surface area contributed by atoms with Gasteiger partial charge in [0.2, 0.25) is 0 Å². The van der Waals surface area contributed by atoms with Crippen molar-refractivity contribution in [2.75, 3.05) is 19.0 Å². The molecule has 5 heteroatoms. The van der Waals surface area contributed by atoms with Gasteiger partial charge in [0.1, 0.15) is 0 Å². The van der Waals surface area contributed by atoms with Crippen LogP contribution in [0.5, 0.6) is 0 Å². The van der Waals surface area contributed by atoms with Crippen LogP contribution in [0.1, 0.15) is 38.5 Å². The smallest absolute Gasteiger partial charge is 0.0771 e. The van der Waals surface area contributed by atoms with Crippen LogP contribution in [0.4, 0.5) is 5.69 Å². The second-order valence-corrected chi connectivity index (χ2v) is 6.95. The first kappa shape index (κ1) is 13.6. The first-order valence-corrected chi connectivity index (χ1v) is 8.40. The van der Waals surface area contributed by atoms with E-state index in [9.17, 15) is 0 Å². The third kappa shape index (κ3) is 2.81. The summed E-state index contributed by atoms with van der Waals surface area (Å²) in [4.78, 5) is 2.58. The molecule has 0 saturated carbocycles. The summed E-state index contributed by atoms with van der Waals surface area (Å²) < 4.78 is 7.71. The van der Waals surface area contributed by atoms with Crippen LogP contribution < -0.4 is 5.32 Å². The Bertz CT molecular complexity index is 468. The van der Waals surface area contributed by atoms with Crippen molar-refractivity contribution in [2.45, 2.75) is 69.3 Å². The molecule has 2 bridgehead atoms. The molecule has 3 aliphatic heterocycles. The second kappa shape index (κ2) is 5.61. The highest BCUT2D eigenvalue weighted by Gasteiger charge is 2.38. The molecule has 3 atom stereocenters. The zero-order valence-corrected chi connectivity index (χ0v) is 12.9. The number of anilines is 1. The molecular weight excluding hydrogens is 264 g/mol. The second-order valence-electron chi connectivity index (χ2n) is 6.95. The van der Waals surface area contributed by atoms with Crippen molar-refractivity contribution in [3.63, 3.8) is 0 Å². The van der Waals surface area contributed by atoms with E-state index in [1.807, 2.05) is 10.9 Å². The predicted molar refractivity (Wildman–Crippen MR) is 82.4 cm³/mol. The van der Waals surface area contributed by atoms with Gasteiger partial charge in [0.15, 0.2) is 0 Å². The van der Waals surface area contributed by atoms with Crippen molar-refractivity contribution < 1.29 is 4.74 Å². The van der Waals surface area contributed by atoms with Gasteiger partial charge in [-0.2, -0.15) is 5.10 Å². The number of aromatic nitrogens is 2. The van der Waals surface area contributed by atoms with Crippen molar-refractivity contribution >= 4 is 5.69 Å². The highest BCUT2D eigenvalue weighted by molar-refractivity contribution is 5.39. The molecule has 0 amide bonds. The van der Waals surface area contributed by atoms with Gasteiger partial charge in [-0.25, -0.2) is 0 Å². The molecule has 0 aliphatic carbocycles. The van der Waals surface area contributed by atoms with Crippen molar-refractivity contribution in [1.29, 1.82) is 0 Å². The largest absolute Gasteiger partial charge is 0.380 e. The zero-order chi connectivity index (χ0) is 14.2. The summed E-state index contributed by atoms with van der Waals surface area (Å²) in [7, 11) is 2.29. The van der Waals surface area contributed by atoms with Crippen LogP contribution in [-0.2, 0) is 11.3 Å². The van der Waals surface area contributed by atoms with E-state index >= 15 is 0 Å². The van der Waals surface area contributed by atoms with Gasteiger partial charge in [0.25, 0.3) is 0 Å². The Labute approximate surface area is 126 Å². The molecule has 1 aromatic heterocycles. The number of nitrogens with one attached hydrogen (secondary N) is 1. The van der Waals surface area contributed by atoms with Gasteiger partial charge in [-0.15, -0.1) is 0 Å². The lowest BCUT2D eigenvalue weighted by molar-refractivity contribution is 0.0940. The van der Waals surface area contributed by atoms with Gasteiger partial charge in [-0.1, -0.05) is 0 Å². The van der Waals surface area contributed by atoms with E-state index in [0.717, 1.165) is 25.2 Å². The minimum absolute atomic E-state index is 0.358. The molecule has 4 rings (SSSR count). The van der Waals surface area contributed by atoms with E-state index in [4.69, 9.17) is 4.74 Å². The molecular formula is C16H26N4O. The van der Waals surface area contributed by atoms with Crippen LogP contribution in [0.3, 0.4) is 0 Å². The van der Waals surface area contributed by atoms with Gasteiger partial charge in [0.05, 0.1) is 24.5 Å². The third-order valence-electron chi connectivity index (χ3n) is 5.52. The molecule has 3 fully saturated rings. The quantitative estimate of drug-likeness (QED) is 0.922. The van der Waals surface area contributed by atoms with Crippen LogP contribution in [0, 0.1) is 0 Å². The Morgan fingerprint density at radius 1 is 1.29 bits per heavy atom. The zero-order valence-electron chi connectivity index (χ0n) is 12.9. The lowest BCUT2D eigenvalue weighted by atomic mass is 9.98. The standard InChI is InChI=1S/C16H26N4O/c1-19-14-4-5-15(19)8-12(7-14)18-13-9-17-20(10-13)11-16-3-2-6-21-16/h9-10,12,14-16,18H,2-8,11H2,1H3. The summed E-state index contributed by atoms with van der Waals surface area (Å²) in [5.74, 6) is 0. The van der Waals surface area contributed by atoms with E-state index in [2.05, 4.69) is 28.6 Å². The van der Waals surface area contributed by atoms with Gasteiger partial charge in [0, 0.05) is 30.9 Å². The number of hydrogen-bond acceptors (Lipinski definition) is 4. The first-order chi connectivity index (χ1) is 10.3. The fourth-order valence-electron chi connectivity index (χ4n) is 4.30. The minimum Gasteiger partial charge on any atom is -0.380 e. The predicted octanol–water partition coefficient (Wildman–Crippen LogP) is 2.10. The molecule has 21 heavy (non-hydrogen) atoms. The fraction of sp³-hybridized carbons (Fsp3) is 0.812. The molecule has 116 valence electrons. The monoisotopic (exact) mass is 290 g/mol. The summed E-state index contributed by atoms with van der Waals surface area (Å²) >= 11 is 0. The molecule has 0 aromatic carbocycles. The number of nitrogens with zero attached hydrogens (tertiary/aromatic N) is 3. The van der Waals surface area contributed by atoms with Gasteiger partial charge < -0.3 is 15.0 Å². The van der Waals surface area contributed by atoms with E-state index in [0.29, 0.717) is 12.1 Å². The molecule has 3 unspecified atom stereocenters. The van der Waals surface area contributed by atoms with E-state index in [1.165, 1.54) is 44.2 Å². The summed E-state index contributed by atoms with van der Waals surface area (Å²) in [5, 5.41) is 8.17. The molecule has 1 aromatic rings. The summed E-state index contributed by atoms with van der Waals surface area (Å²) in [6.07, 6.45) is 12.1. The Balaban J connectivity index is 1.34. The van der Waals surface area contributed by atoms with Crippen LogP contribution in [-0.4, -0.2) is 52.6 Å². The molecule has 3 saturated heterocycles. The molecule has 5 nitrogen and oxygen atoms in total. The highest BCUT2D eigenvalue weighted by Crippen LogP contribution is 2.35. The van der Waals surface area contributed by atoms with E-state index in [1.54, 1.807) is 0 Å². The summed E-state index contributed by atoms with van der Waals surface area (Å²) in [5.41, 5.74) is 1.17. The lowest BCUT2D eigenvalue weighted by Gasteiger charge is -2.36. The average molecular weight is 290 g/mol. The molecule has 3 aliphatic rings. The Morgan fingerprint density at radius 2 is 2.10 bits per heavy atom. The van der Waals surface area contributed by atoms with Gasteiger partial charge in [-0.3, -0.25) is 4.68 Å². The van der Waals surface area contributed by atoms with Crippen LogP contribution in [0.15, 0.2) is 12.4 Å². The average Bonchev–Trinajstić information content (AvgIpc) is 3.15. The number of hydrogen-bond donors (Lipinski definition) is 1. The van der Waals surface area contributed by atoms with Crippen LogP contribution in [0.25, 0.3) is 0 Å². The highest BCUT2D eigenvalue weighted by atomic mass is 16.5. The van der Waals surface area contributed by atoms with Crippen molar-refractivity contribution in [3.8, 4) is 0 Å². The maximum absolute atomic E-state index is 5.68. The SMILES string of the molecule is CN1C2CCC1CC(Nc1cnn(CC3CCCO3)c1)C2. The number of fused-ring (bicyclic) bond motifs is 2. The first-order valence-electron chi connectivity index (χ1n) is 8.40. The topological polar surface area (TPSA) is 42.3 Å². The Hall–Kier alpha value is -1.07. The molecule has 4 heterocycles. The van der Waals surface area contributed by atoms with E-state index < -0.39 is 0 Å². The minimum atomic E-state index is 0.358. The maximum atomic E-state index is 5.68. The van der Waals surface area contributed by atoms with Crippen molar-refractivity contribution in [2.24, 2.45) is 0 Å². The normalized spacial score (nSPS) is 36.2. The summed E-state index contributed by atoms with van der Waals surface area (Å²) in [6, 6.07) is 2.17. The lowest BCUT2D eigenvalue weighted by Crippen LogP contribution is -2.44. The van der Waals surface area contributed by atoms with Crippen LogP contribution >= 0.6 is 0 Å².